The largest absolute Gasteiger partial charge is 0.310 e. The molecule has 0 amide bonds. The molecule has 2 aromatic rings. The van der Waals surface area contributed by atoms with Crippen molar-refractivity contribution in [2.24, 2.45) is 0 Å². The first kappa shape index (κ1) is 14.4. The van der Waals surface area contributed by atoms with E-state index in [4.69, 9.17) is 23.2 Å². The molecule has 0 aliphatic carbocycles. The second kappa shape index (κ2) is 6.95. The number of hydrogen-bond acceptors (Lipinski definition) is 1. The van der Waals surface area contributed by atoms with Crippen molar-refractivity contribution >= 4 is 23.2 Å². The molecule has 100 valence electrons. The summed E-state index contributed by atoms with van der Waals surface area (Å²) in [6, 6.07) is 16.4. The molecule has 1 atom stereocenters. The normalized spacial score (nSPS) is 12.4. The summed E-state index contributed by atoms with van der Waals surface area (Å²) in [4.78, 5) is 0. The van der Waals surface area contributed by atoms with Crippen LogP contribution >= 0.6 is 23.2 Å². The molecule has 1 unspecified atom stereocenters. The highest BCUT2D eigenvalue weighted by atomic mass is 35.5. The molecule has 0 bridgehead atoms. The standard InChI is InChI=1S/C16H17Cl2N/c1-12(10-13-2-6-15(17)7-3-13)19-11-14-4-8-16(18)9-5-14/h2-9,12,19H,10-11H2,1H3. The highest BCUT2D eigenvalue weighted by molar-refractivity contribution is 6.30. The van der Waals surface area contributed by atoms with Gasteiger partial charge in [0.15, 0.2) is 0 Å². The number of benzene rings is 2. The van der Waals surface area contributed by atoms with Gasteiger partial charge in [-0.15, -0.1) is 0 Å². The highest BCUT2D eigenvalue weighted by Crippen LogP contribution is 2.12. The monoisotopic (exact) mass is 293 g/mol. The Balaban J connectivity index is 1.82. The Morgan fingerprint density at radius 2 is 1.32 bits per heavy atom. The zero-order chi connectivity index (χ0) is 13.7. The molecule has 2 aromatic carbocycles. The van der Waals surface area contributed by atoms with Crippen molar-refractivity contribution in [3.05, 3.63) is 69.7 Å². The van der Waals surface area contributed by atoms with Gasteiger partial charge in [-0.1, -0.05) is 47.5 Å². The molecule has 19 heavy (non-hydrogen) atoms. The predicted octanol–water partition coefficient (Wildman–Crippen LogP) is 4.71. The van der Waals surface area contributed by atoms with Gasteiger partial charge in [0.1, 0.15) is 0 Å². The van der Waals surface area contributed by atoms with E-state index < -0.39 is 0 Å². The highest BCUT2D eigenvalue weighted by Gasteiger charge is 2.03. The van der Waals surface area contributed by atoms with Crippen LogP contribution in [-0.2, 0) is 13.0 Å². The van der Waals surface area contributed by atoms with Crippen molar-refractivity contribution in [2.45, 2.75) is 25.9 Å². The smallest absolute Gasteiger partial charge is 0.0406 e. The van der Waals surface area contributed by atoms with Gasteiger partial charge in [0.2, 0.25) is 0 Å². The van der Waals surface area contributed by atoms with Gasteiger partial charge in [0.05, 0.1) is 0 Å². The lowest BCUT2D eigenvalue weighted by molar-refractivity contribution is 0.545. The van der Waals surface area contributed by atoms with Crippen molar-refractivity contribution in [2.75, 3.05) is 0 Å². The Bertz CT molecular complexity index is 505. The third-order valence-corrected chi connectivity index (χ3v) is 3.53. The van der Waals surface area contributed by atoms with Gasteiger partial charge >= 0.3 is 0 Å². The molecular weight excluding hydrogens is 277 g/mol. The summed E-state index contributed by atoms with van der Waals surface area (Å²) < 4.78 is 0. The number of halogens is 2. The van der Waals surface area contributed by atoms with Crippen LogP contribution in [0.3, 0.4) is 0 Å². The van der Waals surface area contributed by atoms with Gasteiger partial charge in [-0.3, -0.25) is 0 Å². The number of hydrogen-bond donors (Lipinski definition) is 1. The Morgan fingerprint density at radius 3 is 1.84 bits per heavy atom. The lowest BCUT2D eigenvalue weighted by atomic mass is 10.1. The molecule has 0 radical (unpaired) electrons. The molecule has 0 heterocycles. The van der Waals surface area contributed by atoms with Gasteiger partial charge in [-0.05, 0) is 48.7 Å². The van der Waals surface area contributed by atoms with E-state index in [1.165, 1.54) is 11.1 Å². The first-order valence-electron chi connectivity index (χ1n) is 6.36. The number of nitrogens with one attached hydrogen (secondary N) is 1. The van der Waals surface area contributed by atoms with Crippen LogP contribution in [0.15, 0.2) is 48.5 Å². The van der Waals surface area contributed by atoms with E-state index in [0.29, 0.717) is 6.04 Å². The summed E-state index contributed by atoms with van der Waals surface area (Å²) in [6.45, 7) is 3.04. The molecule has 0 aliphatic rings. The Labute approximate surface area is 124 Å². The van der Waals surface area contributed by atoms with Crippen LogP contribution in [0.2, 0.25) is 10.0 Å². The first-order chi connectivity index (χ1) is 9.13. The van der Waals surface area contributed by atoms with Gasteiger partial charge in [0, 0.05) is 22.6 Å². The zero-order valence-corrected chi connectivity index (χ0v) is 12.4. The summed E-state index contributed by atoms with van der Waals surface area (Å²) in [5, 5.41) is 5.06. The summed E-state index contributed by atoms with van der Waals surface area (Å²) in [5.41, 5.74) is 2.54. The van der Waals surface area contributed by atoms with Crippen molar-refractivity contribution in [1.29, 1.82) is 0 Å². The molecule has 2 rings (SSSR count). The second-order valence-corrected chi connectivity index (χ2v) is 5.61. The summed E-state index contributed by atoms with van der Waals surface area (Å²) in [5.74, 6) is 0. The van der Waals surface area contributed by atoms with Crippen molar-refractivity contribution in [3.8, 4) is 0 Å². The minimum Gasteiger partial charge on any atom is -0.310 e. The molecule has 0 fully saturated rings. The minimum atomic E-state index is 0.414. The second-order valence-electron chi connectivity index (χ2n) is 4.74. The molecule has 1 nitrogen and oxygen atoms in total. The van der Waals surface area contributed by atoms with Crippen molar-refractivity contribution in [1.82, 2.24) is 5.32 Å². The average molecular weight is 294 g/mol. The summed E-state index contributed by atoms with van der Waals surface area (Å²) in [6.07, 6.45) is 0.991. The van der Waals surface area contributed by atoms with Crippen LogP contribution < -0.4 is 5.32 Å². The van der Waals surface area contributed by atoms with Gasteiger partial charge in [-0.25, -0.2) is 0 Å². The Hall–Kier alpha value is -1.02. The maximum Gasteiger partial charge on any atom is 0.0406 e. The fourth-order valence-electron chi connectivity index (χ4n) is 1.94. The van der Waals surface area contributed by atoms with Crippen molar-refractivity contribution < 1.29 is 0 Å². The van der Waals surface area contributed by atoms with Gasteiger partial charge < -0.3 is 5.32 Å². The number of rotatable bonds is 5. The van der Waals surface area contributed by atoms with E-state index in [0.717, 1.165) is 23.0 Å². The molecular formula is C16H17Cl2N. The maximum absolute atomic E-state index is 5.88. The average Bonchev–Trinajstić information content (AvgIpc) is 2.41. The topological polar surface area (TPSA) is 12.0 Å². The quantitative estimate of drug-likeness (QED) is 0.841. The fourth-order valence-corrected chi connectivity index (χ4v) is 2.19. The summed E-state index contributed by atoms with van der Waals surface area (Å²) >= 11 is 11.7. The van der Waals surface area contributed by atoms with E-state index in [1.54, 1.807) is 0 Å². The molecule has 0 saturated carbocycles. The van der Waals surface area contributed by atoms with E-state index in [1.807, 2.05) is 36.4 Å². The van der Waals surface area contributed by atoms with Crippen LogP contribution in [0.5, 0.6) is 0 Å². The lowest BCUT2D eigenvalue weighted by Crippen LogP contribution is -2.27. The van der Waals surface area contributed by atoms with Crippen LogP contribution in [0.4, 0.5) is 0 Å². The third-order valence-electron chi connectivity index (χ3n) is 3.02. The molecule has 0 aromatic heterocycles. The fraction of sp³-hybridized carbons (Fsp3) is 0.250. The third kappa shape index (κ3) is 4.87. The summed E-state index contributed by atoms with van der Waals surface area (Å²) in [7, 11) is 0. The van der Waals surface area contributed by atoms with Crippen LogP contribution in [-0.4, -0.2) is 6.04 Å². The molecule has 0 spiro atoms. The lowest BCUT2D eigenvalue weighted by Gasteiger charge is -2.14. The van der Waals surface area contributed by atoms with Crippen LogP contribution in [0.1, 0.15) is 18.1 Å². The van der Waals surface area contributed by atoms with E-state index in [-0.39, 0.29) is 0 Å². The van der Waals surface area contributed by atoms with Crippen LogP contribution in [0.25, 0.3) is 0 Å². The zero-order valence-electron chi connectivity index (χ0n) is 10.9. The van der Waals surface area contributed by atoms with E-state index >= 15 is 0 Å². The molecule has 0 saturated heterocycles. The predicted molar refractivity (Wildman–Crippen MR) is 82.9 cm³/mol. The SMILES string of the molecule is CC(Cc1ccc(Cl)cc1)NCc1ccc(Cl)cc1. The van der Waals surface area contributed by atoms with Gasteiger partial charge in [0.25, 0.3) is 0 Å². The van der Waals surface area contributed by atoms with Crippen molar-refractivity contribution in [3.63, 3.8) is 0 Å². The molecule has 1 N–H and O–H groups in total. The molecule has 3 heteroatoms. The van der Waals surface area contributed by atoms with E-state index in [2.05, 4.69) is 24.4 Å². The maximum atomic E-state index is 5.88. The molecule has 0 aliphatic heterocycles. The Kier molecular flexibility index (Phi) is 5.26. The minimum absolute atomic E-state index is 0.414. The first-order valence-corrected chi connectivity index (χ1v) is 7.11. The van der Waals surface area contributed by atoms with Gasteiger partial charge in [-0.2, -0.15) is 0 Å². The Morgan fingerprint density at radius 1 is 0.842 bits per heavy atom. The van der Waals surface area contributed by atoms with Crippen LogP contribution in [0, 0.1) is 0 Å². The van der Waals surface area contributed by atoms with E-state index in [9.17, 15) is 0 Å².